The van der Waals surface area contributed by atoms with Crippen LogP contribution in [0.1, 0.15) is 37.8 Å². The third-order valence-corrected chi connectivity index (χ3v) is 8.61. The van der Waals surface area contributed by atoms with Crippen molar-refractivity contribution in [2.75, 3.05) is 5.75 Å². The quantitative estimate of drug-likeness (QED) is 0.356. The van der Waals surface area contributed by atoms with Crippen LogP contribution in [0.2, 0.25) is 0 Å². The van der Waals surface area contributed by atoms with Crippen LogP contribution in [-0.2, 0) is 28.1 Å². The molecule has 3 heterocycles. The second kappa shape index (κ2) is 8.17. The summed E-state index contributed by atoms with van der Waals surface area (Å²) in [5.41, 5.74) is 2.72. The van der Waals surface area contributed by atoms with Crippen molar-refractivity contribution in [3.8, 4) is 28.7 Å². The summed E-state index contributed by atoms with van der Waals surface area (Å²) in [5, 5.41) is 9.46. The number of aromatic nitrogens is 4. The number of nitriles is 1. The summed E-state index contributed by atoms with van der Waals surface area (Å²) in [7, 11) is -1.54. The fraction of sp³-hybridized carbons (Fsp3) is 0.308. The van der Waals surface area contributed by atoms with Gasteiger partial charge in [0.2, 0.25) is 0 Å². The van der Waals surface area contributed by atoms with Crippen LogP contribution >= 0.6 is 0 Å². The van der Waals surface area contributed by atoms with E-state index in [4.69, 9.17) is 4.78 Å². The lowest BCUT2D eigenvalue weighted by Gasteiger charge is -2.13. The molecule has 10 heteroatoms. The molecule has 7 nitrogen and oxygen atoms in total. The van der Waals surface area contributed by atoms with Gasteiger partial charge in [-0.2, -0.15) is 5.26 Å². The number of hydrogen-bond donors (Lipinski definition) is 1. The Morgan fingerprint density at radius 1 is 1.17 bits per heavy atom. The summed E-state index contributed by atoms with van der Waals surface area (Å²) in [6.45, 7) is 2.47. The van der Waals surface area contributed by atoms with E-state index in [-0.39, 0.29) is 32.8 Å². The van der Waals surface area contributed by atoms with E-state index in [2.05, 4.69) is 21.0 Å². The molecule has 1 aliphatic carbocycles. The molecule has 36 heavy (non-hydrogen) atoms. The van der Waals surface area contributed by atoms with E-state index in [1.807, 2.05) is 24.3 Å². The standard InChI is InChI=1S/C26H24F2N6OS/c1-4-36(30,35)21-11-17(16-5-7-18(8-6-16)26(15-29)9-10-26)13-31-22(21)24-33-20-12-19(25(2,27)28)14-32-23(20)34(24)3/h5-8,11-14,30H,4,9-10H2,1-3H3. The molecule has 1 unspecified atom stereocenters. The van der Waals surface area contributed by atoms with Crippen molar-refractivity contribution in [1.82, 2.24) is 19.5 Å². The normalized spacial score (nSPS) is 16.4. The van der Waals surface area contributed by atoms with Crippen LogP contribution in [-0.4, -0.2) is 29.5 Å². The molecule has 0 aliphatic heterocycles. The van der Waals surface area contributed by atoms with Crippen molar-refractivity contribution in [2.45, 2.75) is 42.9 Å². The van der Waals surface area contributed by atoms with Gasteiger partial charge < -0.3 is 4.57 Å². The Labute approximate surface area is 207 Å². The van der Waals surface area contributed by atoms with Crippen LogP contribution in [0, 0.1) is 16.1 Å². The summed E-state index contributed by atoms with van der Waals surface area (Å²) in [6.07, 6.45) is 4.44. The molecule has 0 bridgehead atoms. The maximum Gasteiger partial charge on any atom is 0.272 e. The zero-order chi connectivity index (χ0) is 25.9. The number of nitrogens with zero attached hydrogens (tertiary/aromatic N) is 5. The van der Waals surface area contributed by atoms with Crippen LogP contribution in [0.25, 0.3) is 33.8 Å². The van der Waals surface area contributed by atoms with Gasteiger partial charge in [0.05, 0.1) is 26.1 Å². The number of rotatable bonds is 6. The lowest BCUT2D eigenvalue weighted by molar-refractivity contribution is 0.0172. The molecule has 1 aliphatic rings. The molecule has 1 N–H and O–H groups in total. The largest absolute Gasteiger partial charge is 0.310 e. The highest BCUT2D eigenvalue weighted by Gasteiger charge is 2.44. The molecule has 1 atom stereocenters. The van der Waals surface area contributed by atoms with Crippen molar-refractivity contribution >= 4 is 20.9 Å². The molecule has 0 saturated heterocycles. The summed E-state index contributed by atoms with van der Waals surface area (Å²) >= 11 is 0. The van der Waals surface area contributed by atoms with Gasteiger partial charge in [0.25, 0.3) is 5.92 Å². The molecule has 0 spiro atoms. The molecule has 0 radical (unpaired) electrons. The average Bonchev–Trinajstić information content (AvgIpc) is 3.61. The third kappa shape index (κ3) is 3.93. The highest BCUT2D eigenvalue weighted by Crippen LogP contribution is 2.47. The third-order valence-electron chi connectivity index (χ3n) is 6.78. The number of aryl methyl sites for hydroxylation is 1. The molecule has 0 amide bonds. The predicted octanol–water partition coefficient (Wildman–Crippen LogP) is 5.79. The number of halogens is 2. The first kappa shape index (κ1) is 24.0. The number of nitrogens with one attached hydrogen (secondary N) is 1. The molecule has 3 aromatic heterocycles. The highest BCUT2D eigenvalue weighted by atomic mass is 32.2. The minimum atomic E-state index is -3.22. The van der Waals surface area contributed by atoms with E-state index in [1.54, 1.807) is 30.8 Å². The number of pyridine rings is 2. The minimum Gasteiger partial charge on any atom is -0.310 e. The van der Waals surface area contributed by atoms with Gasteiger partial charge >= 0.3 is 0 Å². The van der Waals surface area contributed by atoms with E-state index < -0.39 is 15.7 Å². The van der Waals surface area contributed by atoms with Crippen LogP contribution in [0.5, 0.6) is 0 Å². The highest BCUT2D eigenvalue weighted by molar-refractivity contribution is 7.92. The molecule has 1 saturated carbocycles. The number of fused-ring (bicyclic) bond motifs is 1. The van der Waals surface area contributed by atoms with Gasteiger partial charge in [-0.25, -0.2) is 27.7 Å². The van der Waals surface area contributed by atoms with E-state index in [0.717, 1.165) is 37.1 Å². The second-order valence-electron chi connectivity index (χ2n) is 9.26. The first-order chi connectivity index (χ1) is 17.0. The molecule has 5 rings (SSSR count). The number of alkyl halides is 2. The Morgan fingerprint density at radius 3 is 2.44 bits per heavy atom. The van der Waals surface area contributed by atoms with Crippen molar-refractivity contribution in [1.29, 1.82) is 10.0 Å². The molecule has 184 valence electrons. The maximum absolute atomic E-state index is 13.8. The number of imidazole rings is 1. The summed E-state index contributed by atoms with van der Waals surface area (Å²) in [6, 6.07) is 13.0. The van der Waals surface area contributed by atoms with Gasteiger partial charge in [-0.05, 0) is 36.1 Å². The zero-order valence-corrected chi connectivity index (χ0v) is 20.9. The zero-order valence-electron chi connectivity index (χ0n) is 20.0. The van der Waals surface area contributed by atoms with E-state index in [0.29, 0.717) is 17.0 Å². The second-order valence-corrected chi connectivity index (χ2v) is 11.6. The van der Waals surface area contributed by atoms with Crippen molar-refractivity contribution < 1.29 is 13.0 Å². The van der Waals surface area contributed by atoms with Crippen LogP contribution < -0.4 is 0 Å². The van der Waals surface area contributed by atoms with Crippen molar-refractivity contribution in [2.24, 2.45) is 7.05 Å². The lowest BCUT2D eigenvalue weighted by atomic mass is 9.95. The van der Waals surface area contributed by atoms with Gasteiger partial charge in [0.1, 0.15) is 11.2 Å². The van der Waals surface area contributed by atoms with Gasteiger partial charge in [0.15, 0.2) is 11.5 Å². The first-order valence-corrected chi connectivity index (χ1v) is 13.2. The Balaban J connectivity index is 1.63. The predicted molar refractivity (Wildman–Crippen MR) is 133 cm³/mol. The van der Waals surface area contributed by atoms with Gasteiger partial charge in [-0.3, -0.25) is 4.98 Å². The van der Waals surface area contributed by atoms with Gasteiger partial charge in [-0.1, -0.05) is 31.2 Å². The van der Waals surface area contributed by atoms with Gasteiger partial charge in [-0.15, -0.1) is 0 Å². The summed E-state index contributed by atoms with van der Waals surface area (Å²) in [4.78, 5) is 13.4. The van der Waals surface area contributed by atoms with Crippen LogP contribution in [0.15, 0.2) is 53.7 Å². The molecule has 4 aromatic rings. The lowest BCUT2D eigenvalue weighted by Crippen LogP contribution is -2.08. The molecule has 1 fully saturated rings. The number of benzene rings is 1. The average molecular weight is 507 g/mol. The molecular weight excluding hydrogens is 482 g/mol. The summed E-state index contributed by atoms with van der Waals surface area (Å²) < 4.78 is 51.1. The smallest absolute Gasteiger partial charge is 0.272 e. The monoisotopic (exact) mass is 506 g/mol. The number of hydrogen-bond acceptors (Lipinski definition) is 6. The Kier molecular flexibility index (Phi) is 5.45. The Morgan fingerprint density at radius 2 is 1.86 bits per heavy atom. The Bertz CT molecular complexity index is 1640. The topological polar surface area (TPSA) is 108 Å². The van der Waals surface area contributed by atoms with E-state index >= 15 is 0 Å². The van der Waals surface area contributed by atoms with Crippen LogP contribution in [0.4, 0.5) is 8.78 Å². The van der Waals surface area contributed by atoms with E-state index in [9.17, 15) is 18.3 Å². The van der Waals surface area contributed by atoms with E-state index in [1.165, 1.54) is 6.07 Å². The van der Waals surface area contributed by atoms with Crippen LogP contribution in [0.3, 0.4) is 0 Å². The fourth-order valence-electron chi connectivity index (χ4n) is 4.28. The molecular formula is C26H24F2N6OS. The van der Waals surface area contributed by atoms with Crippen molar-refractivity contribution in [3.05, 3.63) is 59.9 Å². The summed E-state index contributed by atoms with van der Waals surface area (Å²) in [5.74, 6) is -2.70. The Hall–Kier alpha value is -3.71. The first-order valence-electron chi connectivity index (χ1n) is 11.5. The molecule has 1 aromatic carbocycles. The van der Waals surface area contributed by atoms with Crippen molar-refractivity contribution in [3.63, 3.8) is 0 Å². The SMILES string of the molecule is CCS(=N)(=O)c1cc(-c2ccc(C3(C#N)CC3)cc2)cnc1-c1nc2cc(C(C)(F)F)cnc2n1C. The fourth-order valence-corrected chi connectivity index (χ4v) is 5.36. The van der Waals surface area contributed by atoms with Gasteiger partial charge in [0, 0.05) is 43.2 Å². The minimum absolute atomic E-state index is 0.0726. The maximum atomic E-state index is 13.8.